The number of halogens is 1. The largest absolute Gasteiger partial charge is 0.340 e. The summed E-state index contributed by atoms with van der Waals surface area (Å²) in [5.74, 6) is -0.850. The molecule has 0 spiro atoms. The number of amides is 4. The highest BCUT2D eigenvalue weighted by Crippen LogP contribution is 2.07. The summed E-state index contributed by atoms with van der Waals surface area (Å²) in [6, 6.07) is -0.627. The lowest BCUT2D eigenvalue weighted by atomic mass is 10.2. The monoisotopic (exact) mass is 361 g/mol. The second-order valence-electron chi connectivity index (χ2n) is 5.42. The van der Waals surface area contributed by atoms with Crippen LogP contribution in [-0.4, -0.2) is 77.8 Å². The first-order valence-corrected chi connectivity index (χ1v) is 8.61. The van der Waals surface area contributed by atoms with Gasteiger partial charge in [-0.3, -0.25) is 9.59 Å². The van der Waals surface area contributed by atoms with Crippen molar-refractivity contribution in [3.8, 4) is 0 Å². The van der Waals surface area contributed by atoms with Crippen LogP contribution >= 0.6 is 11.6 Å². The van der Waals surface area contributed by atoms with Crippen molar-refractivity contribution in [3.05, 3.63) is 4.91 Å². The van der Waals surface area contributed by atoms with Crippen molar-refractivity contribution in [2.45, 2.75) is 26.2 Å². The minimum absolute atomic E-state index is 0.0313. The van der Waals surface area contributed by atoms with Crippen molar-refractivity contribution < 1.29 is 14.4 Å². The molecule has 4 amide bonds. The molecular formula is C14H24ClN5O4. The fourth-order valence-corrected chi connectivity index (χ4v) is 2.47. The molecule has 0 bridgehead atoms. The van der Waals surface area contributed by atoms with Crippen molar-refractivity contribution in [2.24, 2.45) is 5.29 Å². The Balaban J connectivity index is 2.31. The van der Waals surface area contributed by atoms with Gasteiger partial charge in [0, 0.05) is 38.6 Å². The summed E-state index contributed by atoms with van der Waals surface area (Å²) in [4.78, 5) is 49.2. The van der Waals surface area contributed by atoms with Crippen LogP contribution in [0.3, 0.4) is 0 Å². The van der Waals surface area contributed by atoms with Crippen molar-refractivity contribution >= 4 is 29.4 Å². The van der Waals surface area contributed by atoms with Gasteiger partial charge in [0.15, 0.2) is 0 Å². The third-order valence-electron chi connectivity index (χ3n) is 3.69. The summed E-state index contributed by atoms with van der Waals surface area (Å²) >= 11 is 5.45. The van der Waals surface area contributed by atoms with Crippen molar-refractivity contribution in [2.75, 3.05) is 45.1 Å². The van der Waals surface area contributed by atoms with E-state index in [1.54, 1.807) is 4.90 Å². The number of nitrogens with one attached hydrogen (secondary N) is 1. The highest BCUT2D eigenvalue weighted by Gasteiger charge is 2.31. The Morgan fingerprint density at radius 2 is 1.79 bits per heavy atom. The Morgan fingerprint density at radius 1 is 1.21 bits per heavy atom. The molecule has 0 radical (unpaired) electrons. The van der Waals surface area contributed by atoms with Gasteiger partial charge < -0.3 is 15.1 Å². The van der Waals surface area contributed by atoms with Crippen LogP contribution in [0.2, 0.25) is 0 Å². The first kappa shape index (κ1) is 20.1. The van der Waals surface area contributed by atoms with Gasteiger partial charge in [0.1, 0.15) is 0 Å². The third-order valence-corrected chi connectivity index (χ3v) is 3.86. The number of hydrogen-bond acceptors (Lipinski definition) is 5. The number of carbonyl (C=O) groups is 3. The molecule has 1 heterocycles. The summed E-state index contributed by atoms with van der Waals surface area (Å²) in [5, 5.41) is 5.80. The fourth-order valence-electron chi connectivity index (χ4n) is 2.31. The smallest absolute Gasteiger partial charge is 0.336 e. The van der Waals surface area contributed by atoms with Crippen LogP contribution in [0.4, 0.5) is 4.79 Å². The Kier molecular flexibility index (Phi) is 9.06. The molecule has 0 saturated carbocycles. The van der Waals surface area contributed by atoms with Gasteiger partial charge in [-0.25, -0.2) is 4.79 Å². The molecular weight excluding hydrogens is 338 g/mol. The van der Waals surface area contributed by atoms with E-state index in [2.05, 4.69) is 10.6 Å². The molecule has 1 aliphatic heterocycles. The lowest BCUT2D eigenvalue weighted by Crippen LogP contribution is -2.54. The summed E-state index contributed by atoms with van der Waals surface area (Å²) in [6.45, 7) is 4.35. The molecule has 9 nitrogen and oxygen atoms in total. The average molecular weight is 362 g/mol. The molecule has 24 heavy (non-hydrogen) atoms. The van der Waals surface area contributed by atoms with E-state index in [1.165, 1.54) is 4.90 Å². The Labute approximate surface area is 146 Å². The van der Waals surface area contributed by atoms with E-state index in [9.17, 15) is 19.3 Å². The van der Waals surface area contributed by atoms with Gasteiger partial charge in [0.05, 0.1) is 11.8 Å². The van der Waals surface area contributed by atoms with Gasteiger partial charge >= 0.3 is 17.8 Å². The van der Waals surface area contributed by atoms with E-state index in [-0.39, 0.29) is 19.0 Å². The van der Waals surface area contributed by atoms with E-state index in [4.69, 9.17) is 11.6 Å². The molecule has 0 aromatic rings. The molecule has 1 N–H and O–H groups in total. The number of piperazine rings is 1. The van der Waals surface area contributed by atoms with Crippen LogP contribution in [0.15, 0.2) is 5.29 Å². The second-order valence-corrected chi connectivity index (χ2v) is 5.80. The van der Waals surface area contributed by atoms with Gasteiger partial charge in [-0.1, -0.05) is 13.3 Å². The topological polar surface area (TPSA) is 102 Å². The van der Waals surface area contributed by atoms with Crippen LogP contribution in [0.1, 0.15) is 26.2 Å². The third kappa shape index (κ3) is 5.95. The number of nitrogens with zero attached hydrogens (tertiary/aromatic N) is 4. The van der Waals surface area contributed by atoms with E-state index >= 15 is 0 Å². The molecule has 136 valence electrons. The molecule has 0 aliphatic carbocycles. The Morgan fingerprint density at radius 3 is 2.29 bits per heavy atom. The first-order chi connectivity index (χ1) is 11.5. The summed E-state index contributed by atoms with van der Waals surface area (Å²) in [5.41, 5.74) is 0. The van der Waals surface area contributed by atoms with E-state index < -0.39 is 17.8 Å². The van der Waals surface area contributed by atoms with E-state index in [0.717, 1.165) is 12.8 Å². The molecule has 0 aromatic carbocycles. The van der Waals surface area contributed by atoms with Gasteiger partial charge in [-0.2, -0.15) is 5.01 Å². The SMILES string of the molecule is CCCCN1CCN(CCCNC(=O)N(CCCl)N=O)C(=O)C1=O. The maximum Gasteiger partial charge on any atom is 0.340 e. The molecule has 0 unspecified atom stereocenters. The van der Waals surface area contributed by atoms with Crippen molar-refractivity contribution in [3.63, 3.8) is 0 Å². The normalized spacial score (nSPS) is 14.8. The number of hydrogen-bond donors (Lipinski definition) is 1. The maximum atomic E-state index is 12.0. The van der Waals surface area contributed by atoms with Crippen LogP contribution in [0, 0.1) is 4.91 Å². The minimum atomic E-state index is -0.627. The fraction of sp³-hybridized carbons (Fsp3) is 0.786. The zero-order valence-electron chi connectivity index (χ0n) is 13.9. The van der Waals surface area contributed by atoms with Crippen LogP contribution < -0.4 is 5.32 Å². The standard InChI is InChI=1S/C14H24ClN5O4/c1-2-3-7-18-10-11-19(13(22)12(18)21)8-4-6-16-14(23)20(17-24)9-5-15/h2-11H2,1H3,(H,16,23). The molecule has 1 rings (SSSR count). The number of urea groups is 1. The Bertz CT molecular complexity index is 462. The molecule has 0 atom stereocenters. The van der Waals surface area contributed by atoms with Gasteiger partial charge in [0.2, 0.25) is 0 Å². The van der Waals surface area contributed by atoms with Crippen LogP contribution in [0.5, 0.6) is 0 Å². The average Bonchev–Trinajstić information content (AvgIpc) is 2.59. The predicted molar refractivity (Wildman–Crippen MR) is 89.3 cm³/mol. The summed E-state index contributed by atoms with van der Waals surface area (Å²) < 4.78 is 0. The predicted octanol–water partition coefficient (Wildman–Crippen LogP) is 0.779. The van der Waals surface area contributed by atoms with Gasteiger partial charge in [-0.05, 0) is 12.8 Å². The highest BCUT2D eigenvalue weighted by molar-refractivity contribution is 6.35. The molecule has 10 heteroatoms. The zero-order chi connectivity index (χ0) is 17.9. The number of carbonyl (C=O) groups excluding carboxylic acids is 3. The summed E-state index contributed by atoms with van der Waals surface area (Å²) in [6.07, 6.45) is 2.33. The van der Waals surface area contributed by atoms with Crippen molar-refractivity contribution in [1.29, 1.82) is 0 Å². The van der Waals surface area contributed by atoms with E-state index in [0.29, 0.717) is 37.6 Å². The second kappa shape index (κ2) is 10.8. The highest BCUT2D eigenvalue weighted by atomic mass is 35.5. The minimum Gasteiger partial charge on any atom is -0.336 e. The molecule has 0 aromatic heterocycles. The quantitative estimate of drug-likeness (QED) is 0.204. The number of unbranched alkanes of at least 4 members (excludes halogenated alkanes) is 1. The first-order valence-electron chi connectivity index (χ1n) is 8.07. The number of rotatable bonds is 10. The molecule has 1 fully saturated rings. The number of nitroso groups, excluding NO2 is 1. The van der Waals surface area contributed by atoms with Crippen LogP contribution in [0.25, 0.3) is 0 Å². The molecule has 1 saturated heterocycles. The van der Waals surface area contributed by atoms with Crippen LogP contribution in [-0.2, 0) is 9.59 Å². The number of alkyl halides is 1. The Hall–Kier alpha value is -1.90. The maximum absolute atomic E-state index is 12.0. The van der Waals surface area contributed by atoms with Gasteiger partial charge in [-0.15, -0.1) is 16.5 Å². The lowest BCUT2D eigenvalue weighted by Gasteiger charge is -2.33. The van der Waals surface area contributed by atoms with E-state index in [1.807, 2.05) is 6.92 Å². The zero-order valence-corrected chi connectivity index (χ0v) is 14.6. The van der Waals surface area contributed by atoms with Gasteiger partial charge in [0.25, 0.3) is 0 Å². The van der Waals surface area contributed by atoms with Crippen molar-refractivity contribution in [1.82, 2.24) is 20.1 Å². The molecule has 1 aliphatic rings. The summed E-state index contributed by atoms with van der Waals surface area (Å²) in [7, 11) is 0. The lowest BCUT2D eigenvalue weighted by molar-refractivity contribution is -0.156.